The highest BCUT2D eigenvalue weighted by Crippen LogP contribution is 2.23. The highest BCUT2D eigenvalue weighted by Gasteiger charge is 2.27. The predicted octanol–water partition coefficient (Wildman–Crippen LogP) is 3.18. The van der Waals surface area contributed by atoms with Crippen LogP contribution in [0.25, 0.3) is 0 Å². The van der Waals surface area contributed by atoms with Crippen molar-refractivity contribution in [3.63, 3.8) is 0 Å². The number of anilines is 1. The Morgan fingerprint density at radius 2 is 2.05 bits per heavy atom. The number of rotatable bonds is 2. The van der Waals surface area contributed by atoms with E-state index < -0.39 is 11.8 Å². The number of halogens is 1. The Morgan fingerprint density at radius 3 is 2.67 bits per heavy atom. The molecular formula is C15H19FN2O3. The summed E-state index contributed by atoms with van der Waals surface area (Å²) in [7, 11) is 0. The molecule has 5 nitrogen and oxygen atoms in total. The lowest BCUT2D eigenvalue weighted by Crippen LogP contribution is -2.47. The van der Waals surface area contributed by atoms with Crippen molar-refractivity contribution in [2.24, 2.45) is 5.92 Å². The van der Waals surface area contributed by atoms with Gasteiger partial charge in [0.25, 0.3) is 0 Å². The lowest BCUT2D eigenvalue weighted by molar-refractivity contribution is 0.0696. The fourth-order valence-corrected chi connectivity index (χ4v) is 2.51. The maximum Gasteiger partial charge on any atom is 0.335 e. The Bertz CT molecular complexity index is 562. The Kier molecular flexibility index (Phi) is 4.45. The Balaban J connectivity index is 2.10. The molecule has 1 aromatic carbocycles. The van der Waals surface area contributed by atoms with Crippen LogP contribution >= 0.6 is 0 Å². The molecule has 2 atom stereocenters. The molecule has 1 aliphatic rings. The normalized spacial score (nSPS) is 22.0. The smallest absolute Gasteiger partial charge is 0.335 e. The molecule has 2 unspecified atom stereocenters. The molecular weight excluding hydrogens is 275 g/mol. The molecule has 0 aliphatic carbocycles. The first kappa shape index (κ1) is 15.3. The van der Waals surface area contributed by atoms with Gasteiger partial charge in [-0.05, 0) is 43.9 Å². The number of nitrogens with zero attached hydrogens (tertiary/aromatic N) is 1. The summed E-state index contributed by atoms with van der Waals surface area (Å²) in [4.78, 5) is 24.7. The van der Waals surface area contributed by atoms with Crippen LogP contribution in [0.15, 0.2) is 18.2 Å². The van der Waals surface area contributed by atoms with Gasteiger partial charge in [-0.25, -0.2) is 14.0 Å². The van der Waals surface area contributed by atoms with Crippen molar-refractivity contribution in [2.75, 3.05) is 11.9 Å². The van der Waals surface area contributed by atoms with Crippen molar-refractivity contribution in [3.05, 3.63) is 29.6 Å². The standard InChI is InChI=1S/C15H19FN2O3/c1-9-3-4-10(2)18(8-9)15(21)17-13-6-5-11(14(19)20)7-12(13)16/h5-7,9-10H,3-4,8H2,1-2H3,(H,17,21)(H,19,20). The molecule has 1 aromatic rings. The minimum Gasteiger partial charge on any atom is -0.478 e. The van der Waals surface area contributed by atoms with Gasteiger partial charge in [-0.2, -0.15) is 0 Å². The van der Waals surface area contributed by atoms with Crippen LogP contribution < -0.4 is 5.32 Å². The number of benzene rings is 1. The number of aromatic carboxylic acids is 1. The average Bonchev–Trinajstić information content (AvgIpc) is 2.43. The molecule has 0 radical (unpaired) electrons. The molecule has 1 fully saturated rings. The van der Waals surface area contributed by atoms with Crippen molar-refractivity contribution < 1.29 is 19.1 Å². The summed E-state index contributed by atoms with van der Waals surface area (Å²) >= 11 is 0. The van der Waals surface area contributed by atoms with Crippen LogP contribution in [0.5, 0.6) is 0 Å². The van der Waals surface area contributed by atoms with Gasteiger partial charge in [0.1, 0.15) is 5.82 Å². The van der Waals surface area contributed by atoms with Gasteiger partial charge in [-0.1, -0.05) is 6.92 Å². The van der Waals surface area contributed by atoms with Crippen molar-refractivity contribution in [1.82, 2.24) is 4.90 Å². The summed E-state index contributed by atoms with van der Waals surface area (Å²) in [5.74, 6) is -1.53. The fourth-order valence-electron chi connectivity index (χ4n) is 2.51. The number of urea groups is 1. The summed E-state index contributed by atoms with van der Waals surface area (Å²) in [6.45, 7) is 4.69. The number of carboxylic acid groups (broad SMARTS) is 1. The van der Waals surface area contributed by atoms with Gasteiger partial charge in [-0.3, -0.25) is 0 Å². The third-order valence-corrected chi connectivity index (χ3v) is 3.84. The topological polar surface area (TPSA) is 69.6 Å². The molecule has 6 heteroatoms. The van der Waals surface area contributed by atoms with Crippen LogP contribution in [-0.4, -0.2) is 34.6 Å². The minimum absolute atomic E-state index is 0.00423. The molecule has 0 saturated carbocycles. The Labute approximate surface area is 122 Å². The second-order valence-corrected chi connectivity index (χ2v) is 5.61. The molecule has 21 heavy (non-hydrogen) atoms. The molecule has 0 aromatic heterocycles. The molecule has 1 aliphatic heterocycles. The van der Waals surface area contributed by atoms with E-state index in [-0.39, 0.29) is 23.3 Å². The van der Waals surface area contributed by atoms with Crippen molar-refractivity contribution in [1.29, 1.82) is 0 Å². The van der Waals surface area contributed by atoms with E-state index >= 15 is 0 Å². The predicted molar refractivity (Wildman–Crippen MR) is 76.9 cm³/mol. The van der Waals surface area contributed by atoms with E-state index in [1.54, 1.807) is 4.90 Å². The van der Waals surface area contributed by atoms with Crippen LogP contribution in [0.4, 0.5) is 14.9 Å². The van der Waals surface area contributed by atoms with Gasteiger partial charge in [0.15, 0.2) is 0 Å². The van der Waals surface area contributed by atoms with Gasteiger partial charge in [-0.15, -0.1) is 0 Å². The Hall–Kier alpha value is -2.11. The number of amides is 2. The molecule has 1 saturated heterocycles. The Morgan fingerprint density at radius 1 is 1.33 bits per heavy atom. The fraction of sp³-hybridized carbons (Fsp3) is 0.467. The lowest BCUT2D eigenvalue weighted by atomic mass is 9.95. The number of nitrogens with one attached hydrogen (secondary N) is 1. The lowest BCUT2D eigenvalue weighted by Gasteiger charge is -2.36. The molecule has 2 N–H and O–H groups in total. The summed E-state index contributed by atoms with van der Waals surface area (Å²) in [5, 5.41) is 11.3. The monoisotopic (exact) mass is 294 g/mol. The number of carbonyl (C=O) groups is 2. The first-order valence-corrected chi connectivity index (χ1v) is 6.99. The van der Waals surface area contributed by atoms with Gasteiger partial charge in [0, 0.05) is 12.6 Å². The number of piperidine rings is 1. The van der Waals surface area contributed by atoms with Gasteiger partial charge >= 0.3 is 12.0 Å². The first-order chi connectivity index (χ1) is 9.88. The molecule has 1 heterocycles. The highest BCUT2D eigenvalue weighted by atomic mass is 19.1. The van der Waals surface area contributed by atoms with Crippen LogP contribution in [0.3, 0.4) is 0 Å². The van der Waals surface area contributed by atoms with E-state index in [1.807, 2.05) is 6.92 Å². The zero-order valence-corrected chi connectivity index (χ0v) is 12.1. The molecule has 0 spiro atoms. The van der Waals surface area contributed by atoms with Gasteiger partial charge in [0.05, 0.1) is 11.3 Å². The van der Waals surface area contributed by atoms with E-state index in [4.69, 9.17) is 5.11 Å². The van der Waals surface area contributed by atoms with E-state index in [0.29, 0.717) is 12.5 Å². The van der Waals surface area contributed by atoms with Crippen LogP contribution in [0.1, 0.15) is 37.0 Å². The molecule has 114 valence electrons. The third kappa shape index (κ3) is 3.51. The second-order valence-electron chi connectivity index (χ2n) is 5.61. The minimum atomic E-state index is -1.20. The number of carboxylic acids is 1. The molecule has 0 bridgehead atoms. The molecule has 2 rings (SSSR count). The number of likely N-dealkylation sites (tertiary alicyclic amines) is 1. The third-order valence-electron chi connectivity index (χ3n) is 3.84. The summed E-state index contributed by atoms with van der Waals surface area (Å²) in [5.41, 5.74) is -0.152. The first-order valence-electron chi connectivity index (χ1n) is 6.99. The SMILES string of the molecule is CC1CCC(C)N(C(=O)Nc2ccc(C(=O)O)cc2F)C1. The van der Waals surface area contributed by atoms with E-state index in [9.17, 15) is 14.0 Å². The average molecular weight is 294 g/mol. The summed E-state index contributed by atoms with van der Waals surface area (Å²) in [6, 6.07) is 3.21. The van der Waals surface area contributed by atoms with Crippen molar-refractivity contribution in [2.45, 2.75) is 32.7 Å². The second kappa shape index (κ2) is 6.11. The highest BCUT2D eigenvalue weighted by molar-refractivity contribution is 5.92. The number of carbonyl (C=O) groups excluding carboxylic acids is 1. The van der Waals surface area contributed by atoms with Gasteiger partial charge in [0.2, 0.25) is 0 Å². The van der Waals surface area contributed by atoms with Crippen molar-refractivity contribution in [3.8, 4) is 0 Å². The van der Waals surface area contributed by atoms with Crippen LogP contribution in [0.2, 0.25) is 0 Å². The number of hydrogen-bond donors (Lipinski definition) is 2. The number of hydrogen-bond acceptors (Lipinski definition) is 2. The van der Waals surface area contributed by atoms with Crippen LogP contribution in [0, 0.1) is 11.7 Å². The summed E-state index contributed by atoms with van der Waals surface area (Å²) < 4.78 is 13.8. The summed E-state index contributed by atoms with van der Waals surface area (Å²) in [6.07, 6.45) is 2.00. The quantitative estimate of drug-likeness (QED) is 0.880. The maximum atomic E-state index is 13.8. The van der Waals surface area contributed by atoms with Crippen LogP contribution in [-0.2, 0) is 0 Å². The van der Waals surface area contributed by atoms with Gasteiger partial charge < -0.3 is 15.3 Å². The zero-order valence-electron chi connectivity index (χ0n) is 12.1. The zero-order chi connectivity index (χ0) is 15.6. The molecule has 2 amide bonds. The largest absolute Gasteiger partial charge is 0.478 e. The van der Waals surface area contributed by atoms with E-state index in [0.717, 1.165) is 18.9 Å². The maximum absolute atomic E-state index is 13.8. The van der Waals surface area contributed by atoms with E-state index in [2.05, 4.69) is 12.2 Å². The van der Waals surface area contributed by atoms with Crippen molar-refractivity contribution >= 4 is 17.7 Å². The van der Waals surface area contributed by atoms with E-state index in [1.165, 1.54) is 12.1 Å².